The van der Waals surface area contributed by atoms with Gasteiger partial charge in [-0.05, 0) is 0 Å². The summed E-state index contributed by atoms with van der Waals surface area (Å²) >= 11 is 0. The number of nitrogens with one attached hydrogen (secondary N) is 1. The van der Waals surface area contributed by atoms with Crippen molar-refractivity contribution in [3.05, 3.63) is 0 Å². The molecule has 1 amide bonds. The van der Waals surface area contributed by atoms with Gasteiger partial charge >= 0.3 is 12.3 Å². The molecule has 0 bridgehead atoms. The van der Waals surface area contributed by atoms with E-state index < -0.39 is 53.2 Å². The Morgan fingerprint density at radius 2 is 2.00 bits per heavy atom. The first-order valence-corrected chi connectivity index (χ1v) is 6.16. The van der Waals surface area contributed by atoms with E-state index in [4.69, 9.17) is 5.11 Å². The Balaban J connectivity index is 4.11. The average molecular weight is 291 g/mol. The summed E-state index contributed by atoms with van der Waals surface area (Å²) in [5, 5.41) is 10.7. The Labute approximate surface area is 103 Å². The van der Waals surface area contributed by atoms with Gasteiger partial charge in [-0.15, -0.1) is 13.2 Å². The van der Waals surface area contributed by atoms with Crippen LogP contribution in [0.3, 0.4) is 0 Å². The van der Waals surface area contributed by atoms with E-state index in [1.165, 1.54) is 0 Å². The zero-order valence-electron chi connectivity index (χ0n) is 9.32. The van der Waals surface area contributed by atoms with Gasteiger partial charge in [0.15, 0.2) is 0 Å². The highest BCUT2D eigenvalue weighted by Crippen LogP contribution is 2.15. The minimum atomic E-state index is -4.81. The minimum absolute atomic E-state index is 0.469. The summed E-state index contributed by atoms with van der Waals surface area (Å²) in [6, 6.07) is -1.39. The molecular weight excluding hydrogens is 279 g/mol. The van der Waals surface area contributed by atoms with E-state index in [9.17, 15) is 27.0 Å². The second-order valence-electron chi connectivity index (χ2n) is 3.20. The van der Waals surface area contributed by atoms with Gasteiger partial charge in [0.2, 0.25) is 5.91 Å². The quantitative estimate of drug-likeness (QED) is 0.681. The smallest absolute Gasteiger partial charge is 0.480 e. The molecular formula is C8H12F3NO5S. The van der Waals surface area contributed by atoms with Gasteiger partial charge < -0.3 is 10.4 Å². The van der Waals surface area contributed by atoms with Crippen LogP contribution in [0.2, 0.25) is 0 Å². The van der Waals surface area contributed by atoms with Crippen LogP contribution in [0.15, 0.2) is 0 Å². The van der Waals surface area contributed by atoms with Crippen molar-refractivity contribution in [3.63, 3.8) is 0 Å². The number of hydrogen-bond donors (Lipinski definition) is 2. The van der Waals surface area contributed by atoms with Gasteiger partial charge in [0.05, 0.1) is 12.4 Å². The molecule has 0 aromatic rings. The van der Waals surface area contributed by atoms with Gasteiger partial charge in [-0.25, -0.2) is 4.79 Å². The molecule has 0 spiro atoms. The lowest BCUT2D eigenvalue weighted by Gasteiger charge is -2.13. The minimum Gasteiger partial charge on any atom is -0.480 e. The highest BCUT2D eigenvalue weighted by Gasteiger charge is 2.29. The Hall–Kier alpha value is -1.16. The predicted octanol–water partition coefficient (Wildman–Crippen LogP) is -0.139. The van der Waals surface area contributed by atoms with Crippen LogP contribution in [-0.2, 0) is 25.1 Å². The molecule has 0 aliphatic rings. The maximum atomic E-state index is 11.6. The zero-order chi connectivity index (χ0) is 14.3. The lowest BCUT2D eigenvalue weighted by molar-refractivity contribution is -0.322. The largest absolute Gasteiger partial charge is 0.522 e. The van der Waals surface area contributed by atoms with Crippen LogP contribution in [0.5, 0.6) is 0 Å². The van der Waals surface area contributed by atoms with Gasteiger partial charge in [0.25, 0.3) is 0 Å². The number of rotatable bonds is 7. The number of alkyl halides is 3. The fraction of sp³-hybridized carbons (Fsp3) is 0.750. The number of amides is 1. The van der Waals surface area contributed by atoms with Gasteiger partial charge in [-0.3, -0.25) is 13.7 Å². The van der Waals surface area contributed by atoms with Crippen molar-refractivity contribution in [2.75, 3.05) is 18.1 Å². The zero-order valence-corrected chi connectivity index (χ0v) is 10.1. The van der Waals surface area contributed by atoms with Crippen LogP contribution < -0.4 is 5.32 Å². The molecule has 0 rings (SSSR count). The molecule has 18 heavy (non-hydrogen) atoms. The summed E-state index contributed by atoms with van der Waals surface area (Å²) in [5.74, 6) is -2.99. The van der Waals surface area contributed by atoms with E-state index in [-0.39, 0.29) is 0 Å². The number of carboxylic acid groups (broad SMARTS) is 1. The van der Waals surface area contributed by atoms with Crippen molar-refractivity contribution in [3.8, 4) is 0 Å². The molecule has 0 radical (unpaired) electrons. The molecule has 0 aliphatic carbocycles. The van der Waals surface area contributed by atoms with Crippen LogP contribution in [0, 0.1) is 0 Å². The van der Waals surface area contributed by atoms with Crippen LogP contribution >= 0.6 is 0 Å². The maximum Gasteiger partial charge on any atom is 0.522 e. The van der Waals surface area contributed by atoms with Crippen molar-refractivity contribution in [1.29, 1.82) is 0 Å². The van der Waals surface area contributed by atoms with Crippen LogP contribution in [0.4, 0.5) is 13.2 Å². The first kappa shape index (κ1) is 16.8. The lowest BCUT2D eigenvalue weighted by Crippen LogP contribution is -2.43. The van der Waals surface area contributed by atoms with Gasteiger partial charge in [0, 0.05) is 23.5 Å². The Morgan fingerprint density at radius 3 is 2.39 bits per heavy atom. The Bertz CT molecular complexity index is 333. The van der Waals surface area contributed by atoms with Crippen LogP contribution in [0.25, 0.3) is 0 Å². The Kier molecular flexibility index (Phi) is 6.84. The van der Waals surface area contributed by atoms with Crippen LogP contribution in [0.1, 0.15) is 6.92 Å². The summed E-state index contributed by atoms with van der Waals surface area (Å²) in [6.45, 7) is 0.244. The van der Waals surface area contributed by atoms with Crippen molar-refractivity contribution in [2.24, 2.45) is 0 Å². The molecule has 2 unspecified atom stereocenters. The molecule has 0 saturated carbocycles. The van der Waals surface area contributed by atoms with Gasteiger partial charge in [0.1, 0.15) is 6.04 Å². The molecule has 0 fully saturated rings. The number of carbonyl (C=O) groups is 2. The van der Waals surface area contributed by atoms with Crippen LogP contribution in [-0.4, -0.2) is 51.7 Å². The summed E-state index contributed by atoms with van der Waals surface area (Å²) < 4.78 is 49.5. The molecule has 2 atom stereocenters. The summed E-state index contributed by atoms with van der Waals surface area (Å²) in [7, 11) is -1.84. The van der Waals surface area contributed by atoms with Crippen molar-refractivity contribution >= 4 is 22.7 Å². The molecule has 0 aliphatic heterocycles. The summed E-state index contributed by atoms with van der Waals surface area (Å²) in [6.07, 6.45) is -4.81. The Morgan fingerprint density at radius 1 is 1.44 bits per heavy atom. The average Bonchev–Trinajstić information content (AvgIpc) is 2.13. The molecule has 0 saturated heterocycles. The highest BCUT2D eigenvalue weighted by atomic mass is 32.2. The first-order chi connectivity index (χ1) is 8.11. The first-order valence-electron chi connectivity index (χ1n) is 4.67. The molecule has 0 aromatic heterocycles. The predicted molar refractivity (Wildman–Crippen MR) is 55.1 cm³/mol. The van der Waals surface area contributed by atoms with Gasteiger partial charge in [-0.2, -0.15) is 0 Å². The molecule has 10 heteroatoms. The summed E-state index contributed by atoms with van der Waals surface area (Å²) in [5.41, 5.74) is 0. The molecule has 106 valence electrons. The fourth-order valence-corrected chi connectivity index (χ4v) is 1.97. The third-order valence-electron chi connectivity index (χ3n) is 1.60. The normalized spacial score (nSPS) is 14.9. The maximum absolute atomic E-state index is 11.6. The van der Waals surface area contributed by atoms with E-state index >= 15 is 0 Å². The number of carbonyl (C=O) groups excluding carboxylic acids is 1. The fourth-order valence-electron chi connectivity index (χ4n) is 0.940. The topological polar surface area (TPSA) is 92.7 Å². The molecule has 2 N–H and O–H groups in total. The van der Waals surface area contributed by atoms with Crippen molar-refractivity contribution < 1.29 is 36.8 Å². The highest BCUT2D eigenvalue weighted by molar-refractivity contribution is 7.85. The number of aliphatic carboxylic acids is 1. The van der Waals surface area contributed by atoms with E-state index in [2.05, 4.69) is 4.74 Å². The molecule has 0 heterocycles. The standard InChI is InChI=1S/C8H12F3NO5S/c1-5(13)12-6(7(14)15)4-18(16)3-2-17-8(9,10)11/h6H,2-4H2,1H3,(H,12,13)(H,14,15). The second-order valence-corrected chi connectivity index (χ2v) is 4.82. The summed E-state index contributed by atoms with van der Waals surface area (Å²) in [4.78, 5) is 21.3. The number of ether oxygens (including phenoxy) is 1. The lowest BCUT2D eigenvalue weighted by atomic mass is 10.3. The van der Waals surface area contributed by atoms with E-state index in [0.29, 0.717) is 0 Å². The van der Waals surface area contributed by atoms with Crippen molar-refractivity contribution in [2.45, 2.75) is 19.3 Å². The molecule has 6 nitrogen and oxygen atoms in total. The third-order valence-corrected chi connectivity index (χ3v) is 2.93. The van der Waals surface area contributed by atoms with Crippen molar-refractivity contribution in [1.82, 2.24) is 5.32 Å². The monoisotopic (exact) mass is 291 g/mol. The second kappa shape index (κ2) is 7.31. The van der Waals surface area contributed by atoms with E-state index in [1.54, 1.807) is 0 Å². The van der Waals surface area contributed by atoms with E-state index in [1.807, 2.05) is 5.32 Å². The van der Waals surface area contributed by atoms with E-state index in [0.717, 1.165) is 6.92 Å². The molecule has 0 aromatic carbocycles. The van der Waals surface area contributed by atoms with Gasteiger partial charge in [-0.1, -0.05) is 0 Å². The number of halogens is 3. The number of carboxylic acids is 1. The third kappa shape index (κ3) is 8.93. The SMILES string of the molecule is CC(=O)NC(CS(=O)CCOC(F)(F)F)C(=O)O. The number of hydrogen-bond acceptors (Lipinski definition) is 4.